The van der Waals surface area contributed by atoms with Crippen molar-refractivity contribution in [2.24, 2.45) is 5.92 Å². The van der Waals surface area contributed by atoms with Crippen molar-refractivity contribution in [1.29, 1.82) is 0 Å². The molecule has 1 N–H and O–H groups in total. The van der Waals surface area contributed by atoms with Gasteiger partial charge in [0.2, 0.25) is 5.91 Å². The second-order valence-corrected chi connectivity index (χ2v) is 5.94. The Hall–Kier alpha value is -1.88. The summed E-state index contributed by atoms with van der Waals surface area (Å²) in [7, 11) is 0. The molecule has 0 atom stereocenters. The third kappa shape index (κ3) is 4.84. The third-order valence-electron chi connectivity index (χ3n) is 3.61. The Morgan fingerprint density at radius 3 is 2.41 bits per heavy atom. The van der Waals surface area contributed by atoms with Crippen molar-refractivity contribution in [3.63, 3.8) is 0 Å². The molecule has 1 fully saturated rings. The largest absolute Gasteiger partial charge is 0.378 e. The zero-order valence-corrected chi connectivity index (χ0v) is 13.3. The summed E-state index contributed by atoms with van der Waals surface area (Å²) in [6.07, 6.45) is 0.448. The summed E-state index contributed by atoms with van der Waals surface area (Å²) in [5.74, 6) is 0.154. The van der Waals surface area contributed by atoms with E-state index in [0.717, 1.165) is 32.0 Å². The molecule has 0 bridgehead atoms. The van der Waals surface area contributed by atoms with Gasteiger partial charge in [0.15, 0.2) is 5.78 Å². The Kier molecular flexibility index (Phi) is 5.95. The standard InChI is InChI=1S/C17H24N2O3/c1-13(2)11-17(21)18-12-16(20)14-3-5-15(6-4-14)19-7-9-22-10-8-19/h3-6,13H,7-12H2,1-2H3,(H,18,21). The van der Waals surface area contributed by atoms with Crippen LogP contribution in [0, 0.1) is 5.92 Å². The zero-order valence-electron chi connectivity index (χ0n) is 13.3. The Labute approximate surface area is 131 Å². The summed E-state index contributed by atoms with van der Waals surface area (Å²) in [5.41, 5.74) is 1.73. The number of carbonyl (C=O) groups is 2. The van der Waals surface area contributed by atoms with Crippen molar-refractivity contribution in [1.82, 2.24) is 5.32 Å². The molecule has 0 radical (unpaired) electrons. The number of amides is 1. The number of morpholine rings is 1. The molecular weight excluding hydrogens is 280 g/mol. The predicted molar refractivity (Wildman–Crippen MR) is 86.3 cm³/mol. The van der Waals surface area contributed by atoms with E-state index >= 15 is 0 Å². The Balaban J connectivity index is 1.86. The monoisotopic (exact) mass is 304 g/mol. The fraction of sp³-hybridized carbons (Fsp3) is 0.529. The van der Waals surface area contributed by atoms with Crippen molar-refractivity contribution >= 4 is 17.4 Å². The molecule has 1 aliphatic rings. The van der Waals surface area contributed by atoms with E-state index in [4.69, 9.17) is 4.74 Å². The summed E-state index contributed by atoms with van der Waals surface area (Å²) in [6.45, 7) is 7.24. The maximum atomic E-state index is 12.1. The van der Waals surface area contributed by atoms with Crippen LogP contribution in [0.25, 0.3) is 0 Å². The molecule has 0 unspecified atom stereocenters. The second kappa shape index (κ2) is 7.94. The van der Waals surface area contributed by atoms with E-state index in [1.807, 2.05) is 38.1 Å². The lowest BCUT2D eigenvalue weighted by Crippen LogP contribution is -2.36. The van der Waals surface area contributed by atoms with Crippen LogP contribution in [0.15, 0.2) is 24.3 Å². The van der Waals surface area contributed by atoms with Crippen LogP contribution >= 0.6 is 0 Å². The summed E-state index contributed by atoms with van der Waals surface area (Å²) < 4.78 is 5.33. The number of Topliss-reactive ketones (excluding diaryl/α,β-unsaturated/α-hetero) is 1. The predicted octanol–water partition coefficient (Wildman–Crippen LogP) is 1.87. The lowest BCUT2D eigenvalue weighted by atomic mass is 10.1. The first-order chi connectivity index (χ1) is 10.6. The van der Waals surface area contributed by atoms with Crippen LogP contribution in [0.4, 0.5) is 5.69 Å². The highest BCUT2D eigenvalue weighted by Gasteiger charge is 2.13. The number of anilines is 1. The molecule has 0 spiro atoms. The number of ether oxygens (including phenoxy) is 1. The van der Waals surface area contributed by atoms with E-state index in [-0.39, 0.29) is 18.2 Å². The topological polar surface area (TPSA) is 58.6 Å². The number of ketones is 1. The highest BCUT2D eigenvalue weighted by Crippen LogP contribution is 2.16. The summed E-state index contributed by atoms with van der Waals surface area (Å²) >= 11 is 0. The minimum atomic E-state index is -0.0757. The second-order valence-electron chi connectivity index (χ2n) is 5.94. The van der Waals surface area contributed by atoms with Gasteiger partial charge in [-0.3, -0.25) is 9.59 Å². The van der Waals surface area contributed by atoms with Gasteiger partial charge in [0.25, 0.3) is 0 Å². The number of benzene rings is 1. The van der Waals surface area contributed by atoms with Crippen LogP contribution < -0.4 is 10.2 Å². The van der Waals surface area contributed by atoms with Gasteiger partial charge in [-0.25, -0.2) is 0 Å². The van der Waals surface area contributed by atoms with E-state index in [1.165, 1.54) is 0 Å². The number of nitrogens with zero attached hydrogens (tertiary/aromatic N) is 1. The van der Waals surface area contributed by atoms with Gasteiger partial charge >= 0.3 is 0 Å². The maximum absolute atomic E-state index is 12.1. The van der Waals surface area contributed by atoms with Gasteiger partial charge in [-0.1, -0.05) is 13.8 Å². The van der Waals surface area contributed by atoms with Gasteiger partial charge in [-0.2, -0.15) is 0 Å². The van der Waals surface area contributed by atoms with Crippen LogP contribution in [0.1, 0.15) is 30.6 Å². The molecule has 1 aromatic carbocycles. The van der Waals surface area contributed by atoms with Gasteiger partial charge in [-0.15, -0.1) is 0 Å². The third-order valence-corrected chi connectivity index (χ3v) is 3.61. The van der Waals surface area contributed by atoms with Crippen molar-refractivity contribution in [3.8, 4) is 0 Å². The minimum Gasteiger partial charge on any atom is -0.378 e. The van der Waals surface area contributed by atoms with E-state index in [9.17, 15) is 9.59 Å². The van der Waals surface area contributed by atoms with Gasteiger partial charge < -0.3 is 15.0 Å². The summed E-state index contributed by atoms with van der Waals surface area (Å²) in [6, 6.07) is 7.55. The molecule has 1 amide bonds. The Bertz CT molecular complexity index is 505. The number of hydrogen-bond acceptors (Lipinski definition) is 4. The Morgan fingerprint density at radius 2 is 1.82 bits per heavy atom. The van der Waals surface area contributed by atoms with Crippen LogP contribution in [-0.2, 0) is 9.53 Å². The van der Waals surface area contributed by atoms with E-state index in [1.54, 1.807) is 0 Å². The van der Waals surface area contributed by atoms with Crippen molar-refractivity contribution < 1.29 is 14.3 Å². The van der Waals surface area contributed by atoms with Crippen molar-refractivity contribution in [3.05, 3.63) is 29.8 Å². The molecule has 120 valence electrons. The molecule has 22 heavy (non-hydrogen) atoms. The number of hydrogen-bond donors (Lipinski definition) is 1. The van der Waals surface area contributed by atoms with Crippen LogP contribution in [-0.4, -0.2) is 44.5 Å². The summed E-state index contributed by atoms with van der Waals surface area (Å²) in [5, 5.41) is 2.67. The lowest BCUT2D eigenvalue weighted by Gasteiger charge is -2.28. The average molecular weight is 304 g/mol. The van der Waals surface area contributed by atoms with Gasteiger partial charge in [0.1, 0.15) is 0 Å². The molecule has 1 aromatic rings. The van der Waals surface area contributed by atoms with Crippen molar-refractivity contribution in [2.45, 2.75) is 20.3 Å². The average Bonchev–Trinajstić information content (AvgIpc) is 2.53. The maximum Gasteiger partial charge on any atom is 0.220 e. The van der Waals surface area contributed by atoms with Crippen LogP contribution in [0.5, 0.6) is 0 Å². The van der Waals surface area contributed by atoms with Gasteiger partial charge in [0.05, 0.1) is 19.8 Å². The number of carbonyl (C=O) groups excluding carboxylic acids is 2. The Morgan fingerprint density at radius 1 is 1.18 bits per heavy atom. The number of rotatable bonds is 6. The van der Waals surface area contributed by atoms with Crippen LogP contribution in [0.2, 0.25) is 0 Å². The van der Waals surface area contributed by atoms with E-state index in [2.05, 4.69) is 10.2 Å². The highest BCUT2D eigenvalue weighted by molar-refractivity contribution is 5.99. The normalized spacial score (nSPS) is 15.0. The summed E-state index contributed by atoms with van der Waals surface area (Å²) in [4.78, 5) is 25.9. The fourth-order valence-corrected chi connectivity index (χ4v) is 2.40. The first-order valence-electron chi connectivity index (χ1n) is 7.79. The fourth-order valence-electron chi connectivity index (χ4n) is 2.40. The van der Waals surface area contributed by atoms with E-state index in [0.29, 0.717) is 17.9 Å². The lowest BCUT2D eigenvalue weighted by molar-refractivity contribution is -0.121. The van der Waals surface area contributed by atoms with Crippen LogP contribution in [0.3, 0.4) is 0 Å². The molecule has 2 rings (SSSR count). The highest BCUT2D eigenvalue weighted by atomic mass is 16.5. The van der Waals surface area contributed by atoms with E-state index < -0.39 is 0 Å². The first-order valence-corrected chi connectivity index (χ1v) is 7.79. The molecular formula is C17H24N2O3. The quantitative estimate of drug-likeness (QED) is 0.815. The smallest absolute Gasteiger partial charge is 0.220 e. The SMILES string of the molecule is CC(C)CC(=O)NCC(=O)c1ccc(N2CCOCC2)cc1. The van der Waals surface area contributed by atoms with Gasteiger partial charge in [-0.05, 0) is 30.2 Å². The molecule has 1 heterocycles. The molecule has 0 aromatic heterocycles. The molecule has 1 saturated heterocycles. The zero-order chi connectivity index (χ0) is 15.9. The number of nitrogens with one attached hydrogen (secondary N) is 1. The van der Waals surface area contributed by atoms with Gasteiger partial charge in [0, 0.05) is 30.8 Å². The molecule has 5 nitrogen and oxygen atoms in total. The first kappa shape index (κ1) is 16.5. The molecule has 1 aliphatic heterocycles. The minimum absolute atomic E-state index is 0.0580. The molecule has 0 saturated carbocycles. The molecule has 0 aliphatic carbocycles. The molecule has 5 heteroatoms. The van der Waals surface area contributed by atoms with Crippen molar-refractivity contribution in [2.75, 3.05) is 37.7 Å².